The maximum Gasteiger partial charge on any atom is 0.163 e. The molecule has 1 aromatic rings. The van der Waals surface area contributed by atoms with E-state index in [0.717, 1.165) is 24.9 Å². The number of hydrogen-bond acceptors (Lipinski definition) is 1. The minimum atomic E-state index is -0.773. The molecule has 1 aromatic carbocycles. The Morgan fingerprint density at radius 3 is 2.40 bits per heavy atom. The highest BCUT2D eigenvalue weighted by Gasteiger charge is 2.13. The third kappa shape index (κ3) is 6.00. The van der Waals surface area contributed by atoms with Gasteiger partial charge in [0.25, 0.3) is 0 Å². The predicted molar refractivity (Wildman–Crippen MR) is 80.7 cm³/mol. The van der Waals surface area contributed by atoms with Gasteiger partial charge < -0.3 is 5.32 Å². The molecule has 1 nitrogen and oxygen atoms in total. The van der Waals surface area contributed by atoms with Crippen LogP contribution in [-0.2, 0) is 0 Å². The fourth-order valence-electron chi connectivity index (χ4n) is 2.31. The number of benzene rings is 1. The van der Waals surface area contributed by atoms with Gasteiger partial charge in [0.05, 0.1) is 0 Å². The van der Waals surface area contributed by atoms with Crippen molar-refractivity contribution in [1.29, 1.82) is 0 Å². The maximum atomic E-state index is 13.6. The lowest BCUT2D eigenvalue weighted by atomic mass is 10.0. The molecule has 1 N–H and O–H groups in total. The van der Waals surface area contributed by atoms with Gasteiger partial charge in [0, 0.05) is 11.6 Å². The largest absolute Gasteiger partial charge is 0.310 e. The van der Waals surface area contributed by atoms with Crippen LogP contribution in [0.3, 0.4) is 0 Å². The maximum absolute atomic E-state index is 13.6. The van der Waals surface area contributed by atoms with E-state index in [0.29, 0.717) is 5.56 Å². The summed E-state index contributed by atoms with van der Waals surface area (Å²) in [5.74, 6) is -0.724. The molecule has 0 saturated carbocycles. The highest BCUT2D eigenvalue weighted by molar-refractivity contribution is 5.21. The summed E-state index contributed by atoms with van der Waals surface area (Å²) in [7, 11) is 0. The third-order valence-corrected chi connectivity index (χ3v) is 3.61. The molecule has 0 amide bonds. The molecule has 0 aliphatic rings. The average molecular weight is 283 g/mol. The van der Waals surface area contributed by atoms with Crippen LogP contribution in [0.4, 0.5) is 8.78 Å². The smallest absolute Gasteiger partial charge is 0.163 e. The van der Waals surface area contributed by atoms with Gasteiger partial charge in [0.15, 0.2) is 11.6 Å². The fraction of sp³-hybridized carbons (Fsp3) is 0.647. The van der Waals surface area contributed by atoms with Gasteiger partial charge in [-0.05, 0) is 31.9 Å². The van der Waals surface area contributed by atoms with E-state index in [9.17, 15) is 8.78 Å². The van der Waals surface area contributed by atoms with Crippen molar-refractivity contribution >= 4 is 0 Å². The van der Waals surface area contributed by atoms with E-state index >= 15 is 0 Å². The summed E-state index contributed by atoms with van der Waals surface area (Å²) < 4.78 is 26.7. The van der Waals surface area contributed by atoms with Crippen molar-refractivity contribution in [3.05, 3.63) is 35.4 Å². The minimum Gasteiger partial charge on any atom is -0.310 e. The van der Waals surface area contributed by atoms with E-state index in [4.69, 9.17) is 0 Å². The molecule has 0 heterocycles. The Kier molecular flexibility index (Phi) is 7.75. The van der Waals surface area contributed by atoms with E-state index in [1.54, 1.807) is 12.1 Å². The lowest BCUT2D eigenvalue weighted by molar-refractivity contribution is 0.464. The molecule has 0 aliphatic heterocycles. The Bertz CT molecular complexity index is 391. The minimum absolute atomic E-state index is 0.152. The Labute approximate surface area is 121 Å². The second-order valence-electron chi connectivity index (χ2n) is 5.92. The van der Waals surface area contributed by atoms with Gasteiger partial charge in [-0.15, -0.1) is 0 Å². The zero-order valence-corrected chi connectivity index (χ0v) is 12.9. The van der Waals surface area contributed by atoms with Crippen molar-refractivity contribution in [3.63, 3.8) is 0 Å². The first-order valence-corrected chi connectivity index (χ1v) is 7.69. The van der Waals surface area contributed by atoms with E-state index in [2.05, 4.69) is 19.2 Å². The van der Waals surface area contributed by atoms with Crippen LogP contribution >= 0.6 is 0 Å². The second-order valence-corrected chi connectivity index (χ2v) is 5.92. The topological polar surface area (TPSA) is 12.0 Å². The molecule has 3 heteroatoms. The van der Waals surface area contributed by atoms with Crippen LogP contribution in [0.2, 0.25) is 0 Å². The van der Waals surface area contributed by atoms with E-state index < -0.39 is 11.6 Å². The standard InChI is InChI=1S/C17H27F2N/c1-13(2)9-6-4-5-7-12-20-14(3)15-10-8-11-16(18)17(15)19/h8,10-11,13-14,20H,4-7,9,12H2,1-3H3. The molecule has 0 spiro atoms. The van der Waals surface area contributed by atoms with Crippen molar-refractivity contribution < 1.29 is 8.78 Å². The Hall–Kier alpha value is -0.960. The molecule has 114 valence electrons. The molecule has 0 aliphatic carbocycles. The summed E-state index contributed by atoms with van der Waals surface area (Å²) in [4.78, 5) is 0. The molecule has 1 unspecified atom stereocenters. The summed E-state index contributed by atoms with van der Waals surface area (Å²) in [5, 5.41) is 3.26. The average Bonchev–Trinajstić information content (AvgIpc) is 2.40. The zero-order valence-electron chi connectivity index (χ0n) is 12.9. The van der Waals surface area contributed by atoms with Crippen LogP contribution < -0.4 is 5.32 Å². The molecule has 0 saturated heterocycles. The van der Waals surface area contributed by atoms with Crippen molar-refractivity contribution in [1.82, 2.24) is 5.32 Å². The molecule has 0 aromatic heterocycles. The van der Waals surface area contributed by atoms with Crippen molar-refractivity contribution in [2.24, 2.45) is 5.92 Å². The van der Waals surface area contributed by atoms with E-state index in [1.807, 2.05) is 6.92 Å². The first-order chi connectivity index (χ1) is 9.52. The molecule has 1 atom stereocenters. The van der Waals surface area contributed by atoms with Crippen molar-refractivity contribution in [2.45, 2.75) is 58.9 Å². The van der Waals surface area contributed by atoms with Crippen LogP contribution in [0.15, 0.2) is 18.2 Å². The normalized spacial score (nSPS) is 12.9. The lowest BCUT2D eigenvalue weighted by Gasteiger charge is -2.15. The third-order valence-electron chi connectivity index (χ3n) is 3.61. The van der Waals surface area contributed by atoms with Crippen LogP contribution in [0.5, 0.6) is 0 Å². The van der Waals surface area contributed by atoms with Gasteiger partial charge in [-0.1, -0.05) is 51.7 Å². The molecule has 0 radical (unpaired) electrons. The fourth-order valence-corrected chi connectivity index (χ4v) is 2.31. The van der Waals surface area contributed by atoms with Gasteiger partial charge in [-0.3, -0.25) is 0 Å². The summed E-state index contributed by atoms with van der Waals surface area (Å²) in [6, 6.07) is 4.19. The Morgan fingerprint density at radius 1 is 1.00 bits per heavy atom. The van der Waals surface area contributed by atoms with Crippen LogP contribution in [0, 0.1) is 17.6 Å². The predicted octanol–water partition coefficient (Wildman–Crippen LogP) is 5.22. The van der Waals surface area contributed by atoms with Crippen LogP contribution in [0.25, 0.3) is 0 Å². The van der Waals surface area contributed by atoms with E-state index in [1.165, 1.54) is 25.7 Å². The number of nitrogens with one attached hydrogen (secondary N) is 1. The highest BCUT2D eigenvalue weighted by Crippen LogP contribution is 2.19. The highest BCUT2D eigenvalue weighted by atomic mass is 19.2. The quantitative estimate of drug-likeness (QED) is 0.612. The Morgan fingerprint density at radius 2 is 1.70 bits per heavy atom. The molecule has 20 heavy (non-hydrogen) atoms. The lowest BCUT2D eigenvalue weighted by Crippen LogP contribution is -2.21. The summed E-state index contributed by atoms with van der Waals surface area (Å²) in [5.41, 5.74) is 0.407. The SMILES string of the molecule is CC(C)CCCCCCNC(C)c1cccc(F)c1F. The molecule has 0 fully saturated rings. The first-order valence-electron chi connectivity index (χ1n) is 7.69. The van der Waals surface area contributed by atoms with Gasteiger partial charge in [-0.25, -0.2) is 8.78 Å². The first kappa shape index (κ1) is 17.1. The molecule has 1 rings (SSSR count). The molecular weight excluding hydrogens is 256 g/mol. The second kappa shape index (κ2) is 9.06. The van der Waals surface area contributed by atoms with Crippen LogP contribution in [0.1, 0.15) is 64.5 Å². The molecular formula is C17H27F2N. The van der Waals surface area contributed by atoms with E-state index in [-0.39, 0.29) is 6.04 Å². The monoisotopic (exact) mass is 283 g/mol. The van der Waals surface area contributed by atoms with Gasteiger partial charge >= 0.3 is 0 Å². The summed E-state index contributed by atoms with van der Waals surface area (Å²) in [6.07, 6.45) is 6.10. The zero-order chi connectivity index (χ0) is 15.0. The van der Waals surface area contributed by atoms with Crippen molar-refractivity contribution in [3.8, 4) is 0 Å². The number of halogens is 2. The van der Waals surface area contributed by atoms with Crippen molar-refractivity contribution in [2.75, 3.05) is 6.54 Å². The Balaban J connectivity index is 2.20. The summed E-state index contributed by atoms with van der Waals surface area (Å²) >= 11 is 0. The van der Waals surface area contributed by atoms with Gasteiger partial charge in [0.2, 0.25) is 0 Å². The van der Waals surface area contributed by atoms with Gasteiger partial charge in [-0.2, -0.15) is 0 Å². The number of unbranched alkanes of at least 4 members (excludes halogenated alkanes) is 3. The van der Waals surface area contributed by atoms with Gasteiger partial charge in [0.1, 0.15) is 0 Å². The molecule has 0 bridgehead atoms. The number of hydrogen-bond donors (Lipinski definition) is 1. The number of rotatable bonds is 9. The summed E-state index contributed by atoms with van der Waals surface area (Å²) in [6.45, 7) is 7.21. The van der Waals surface area contributed by atoms with Crippen LogP contribution in [-0.4, -0.2) is 6.54 Å².